The lowest BCUT2D eigenvalue weighted by Gasteiger charge is -2.23. The predicted octanol–water partition coefficient (Wildman–Crippen LogP) is 4.36. The molecule has 0 aliphatic heterocycles. The third kappa shape index (κ3) is 3.29. The van der Waals surface area contributed by atoms with Crippen LogP contribution in [0.1, 0.15) is 35.4 Å². The molecule has 3 rings (SSSR count). The number of carbonyl (C=O) groups excluding carboxylic acids is 1. The molecule has 22 heavy (non-hydrogen) atoms. The van der Waals surface area contributed by atoms with Gasteiger partial charge >= 0.3 is 0 Å². The molecule has 1 aliphatic rings. The van der Waals surface area contributed by atoms with Gasteiger partial charge in [0, 0.05) is 11.4 Å². The Labute approximate surface area is 135 Å². The highest BCUT2D eigenvalue weighted by molar-refractivity contribution is 6.30. The van der Waals surface area contributed by atoms with Gasteiger partial charge in [-0.25, -0.2) is 0 Å². The highest BCUT2D eigenvalue weighted by Crippen LogP contribution is 2.36. The minimum atomic E-state index is 0.00960. The Balaban J connectivity index is 1.89. The average Bonchev–Trinajstić information content (AvgIpc) is 2.55. The molecule has 3 heteroatoms. The summed E-state index contributed by atoms with van der Waals surface area (Å²) in [6, 6.07) is 15.5. The molecule has 1 atom stereocenters. The molecule has 2 aromatic rings. The second-order valence-electron chi connectivity index (χ2n) is 5.65. The topological polar surface area (TPSA) is 37.3 Å². The van der Waals surface area contributed by atoms with E-state index in [0.29, 0.717) is 11.4 Å². The molecule has 0 fully saturated rings. The third-order valence-electron chi connectivity index (χ3n) is 4.07. The molecule has 0 aromatic heterocycles. The standard InChI is InChI=1S/C19H17ClO2/c20-18-6-4-14(5-7-18)16-9-17(11-19(22)10-16)15-3-1-2-13(8-15)12-21/h1-8,11,16,21H,9-10,12H2/t16-/m1/s1. The van der Waals surface area contributed by atoms with E-state index in [-0.39, 0.29) is 18.3 Å². The molecular weight excluding hydrogens is 296 g/mol. The van der Waals surface area contributed by atoms with E-state index in [0.717, 1.165) is 28.7 Å². The Hall–Kier alpha value is -1.90. The molecule has 0 spiro atoms. The fraction of sp³-hybridized carbons (Fsp3) is 0.211. The number of carbonyl (C=O) groups is 1. The minimum Gasteiger partial charge on any atom is -0.392 e. The molecule has 1 aliphatic carbocycles. The zero-order valence-corrected chi connectivity index (χ0v) is 12.9. The molecule has 0 bridgehead atoms. The summed E-state index contributed by atoms with van der Waals surface area (Å²) in [7, 11) is 0. The van der Waals surface area contributed by atoms with Crippen LogP contribution < -0.4 is 0 Å². The van der Waals surface area contributed by atoms with Crippen LogP contribution in [0.4, 0.5) is 0 Å². The van der Waals surface area contributed by atoms with E-state index in [9.17, 15) is 9.90 Å². The monoisotopic (exact) mass is 312 g/mol. The maximum Gasteiger partial charge on any atom is 0.156 e. The normalized spacial score (nSPS) is 18.2. The van der Waals surface area contributed by atoms with Crippen LogP contribution in [0.3, 0.4) is 0 Å². The number of ketones is 1. The van der Waals surface area contributed by atoms with E-state index in [1.807, 2.05) is 48.5 Å². The first-order chi connectivity index (χ1) is 10.7. The molecule has 0 amide bonds. The van der Waals surface area contributed by atoms with Gasteiger partial charge in [-0.15, -0.1) is 0 Å². The average molecular weight is 313 g/mol. The van der Waals surface area contributed by atoms with Crippen molar-refractivity contribution in [2.24, 2.45) is 0 Å². The van der Waals surface area contributed by atoms with Crippen LogP contribution >= 0.6 is 11.6 Å². The van der Waals surface area contributed by atoms with Gasteiger partial charge in [0.15, 0.2) is 5.78 Å². The molecule has 0 radical (unpaired) electrons. The SMILES string of the molecule is O=C1C=C(c2cccc(CO)c2)C[C@@H](c2ccc(Cl)cc2)C1. The molecule has 2 aromatic carbocycles. The summed E-state index contributed by atoms with van der Waals surface area (Å²) in [6.07, 6.45) is 3.09. The van der Waals surface area contributed by atoms with Crippen molar-refractivity contribution >= 4 is 23.0 Å². The van der Waals surface area contributed by atoms with E-state index in [1.165, 1.54) is 0 Å². The highest BCUT2D eigenvalue weighted by atomic mass is 35.5. The van der Waals surface area contributed by atoms with E-state index >= 15 is 0 Å². The van der Waals surface area contributed by atoms with Crippen LogP contribution in [0, 0.1) is 0 Å². The molecule has 0 saturated carbocycles. The van der Waals surface area contributed by atoms with Crippen LogP contribution in [-0.2, 0) is 11.4 Å². The molecule has 0 unspecified atom stereocenters. The fourth-order valence-corrected chi connectivity index (χ4v) is 3.06. The van der Waals surface area contributed by atoms with Crippen molar-refractivity contribution in [2.45, 2.75) is 25.4 Å². The van der Waals surface area contributed by atoms with Gasteiger partial charge in [-0.05, 0) is 58.9 Å². The molecule has 2 nitrogen and oxygen atoms in total. The van der Waals surface area contributed by atoms with Gasteiger partial charge in [-0.1, -0.05) is 41.9 Å². The second-order valence-corrected chi connectivity index (χ2v) is 6.09. The van der Waals surface area contributed by atoms with Crippen LogP contribution in [0.2, 0.25) is 5.02 Å². The molecule has 1 N–H and O–H groups in total. The Bertz CT molecular complexity index is 716. The van der Waals surface area contributed by atoms with Gasteiger partial charge in [-0.3, -0.25) is 4.79 Å². The molecule has 0 heterocycles. The Morgan fingerprint density at radius 3 is 2.59 bits per heavy atom. The Morgan fingerprint density at radius 2 is 1.86 bits per heavy atom. The summed E-state index contributed by atoms with van der Waals surface area (Å²) < 4.78 is 0. The number of hydrogen-bond donors (Lipinski definition) is 1. The van der Waals surface area contributed by atoms with Gasteiger partial charge in [-0.2, -0.15) is 0 Å². The highest BCUT2D eigenvalue weighted by Gasteiger charge is 2.23. The van der Waals surface area contributed by atoms with Crippen molar-refractivity contribution in [3.05, 3.63) is 76.3 Å². The summed E-state index contributed by atoms with van der Waals surface area (Å²) in [5, 5.41) is 9.98. The summed E-state index contributed by atoms with van der Waals surface area (Å²) in [6.45, 7) is 0.00960. The summed E-state index contributed by atoms with van der Waals surface area (Å²) in [5.74, 6) is 0.332. The molecule has 112 valence electrons. The van der Waals surface area contributed by atoms with Gasteiger partial charge in [0.25, 0.3) is 0 Å². The van der Waals surface area contributed by atoms with E-state index in [4.69, 9.17) is 11.6 Å². The van der Waals surface area contributed by atoms with E-state index in [2.05, 4.69) is 0 Å². The minimum absolute atomic E-state index is 0.00960. The third-order valence-corrected chi connectivity index (χ3v) is 4.32. The number of halogens is 1. The first kappa shape index (κ1) is 15.0. The quantitative estimate of drug-likeness (QED) is 0.914. The largest absolute Gasteiger partial charge is 0.392 e. The van der Waals surface area contributed by atoms with Crippen molar-refractivity contribution in [1.29, 1.82) is 0 Å². The van der Waals surface area contributed by atoms with Crippen molar-refractivity contribution in [3.63, 3.8) is 0 Å². The van der Waals surface area contributed by atoms with Crippen molar-refractivity contribution in [2.75, 3.05) is 0 Å². The van der Waals surface area contributed by atoms with Gasteiger partial charge < -0.3 is 5.11 Å². The van der Waals surface area contributed by atoms with E-state index in [1.54, 1.807) is 6.08 Å². The van der Waals surface area contributed by atoms with Crippen LogP contribution in [0.15, 0.2) is 54.6 Å². The number of hydrogen-bond acceptors (Lipinski definition) is 2. The van der Waals surface area contributed by atoms with Gasteiger partial charge in [0.2, 0.25) is 0 Å². The van der Waals surface area contributed by atoms with Crippen LogP contribution in [-0.4, -0.2) is 10.9 Å². The molecular formula is C19H17ClO2. The zero-order chi connectivity index (χ0) is 15.5. The van der Waals surface area contributed by atoms with Crippen molar-refractivity contribution in [3.8, 4) is 0 Å². The van der Waals surface area contributed by atoms with E-state index < -0.39 is 0 Å². The second kappa shape index (κ2) is 6.47. The van der Waals surface area contributed by atoms with Crippen molar-refractivity contribution < 1.29 is 9.90 Å². The number of allylic oxidation sites excluding steroid dienone is 2. The number of aliphatic hydroxyl groups is 1. The van der Waals surface area contributed by atoms with Crippen molar-refractivity contribution in [1.82, 2.24) is 0 Å². The number of benzene rings is 2. The Morgan fingerprint density at radius 1 is 1.09 bits per heavy atom. The lowest BCUT2D eigenvalue weighted by molar-refractivity contribution is -0.115. The maximum absolute atomic E-state index is 12.1. The summed E-state index contributed by atoms with van der Waals surface area (Å²) >= 11 is 5.94. The van der Waals surface area contributed by atoms with Gasteiger partial charge in [0.1, 0.15) is 0 Å². The smallest absolute Gasteiger partial charge is 0.156 e. The maximum atomic E-state index is 12.1. The first-order valence-electron chi connectivity index (χ1n) is 7.35. The lowest BCUT2D eigenvalue weighted by Crippen LogP contribution is -2.12. The Kier molecular flexibility index (Phi) is 4.41. The first-order valence-corrected chi connectivity index (χ1v) is 7.72. The summed E-state index contributed by atoms with van der Waals surface area (Å²) in [4.78, 5) is 12.1. The lowest BCUT2D eigenvalue weighted by atomic mass is 9.81. The van der Waals surface area contributed by atoms with Crippen LogP contribution in [0.5, 0.6) is 0 Å². The van der Waals surface area contributed by atoms with Gasteiger partial charge in [0.05, 0.1) is 6.61 Å². The zero-order valence-electron chi connectivity index (χ0n) is 12.1. The fourth-order valence-electron chi connectivity index (χ4n) is 2.93. The van der Waals surface area contributed by atoms with Crippen LogP contribution in [0.25, 0.3) is 5.57 Å². The number of rotatable bonds is 3. The number of aliphatic hydroxyl groups excluding tert-OH is 1. The predicted molar refractivity (Wildman–Crippen MR) is 88.8 cm³/mol. The molecule has 0 saturated heterocycles. The summed E-state index contributed by atoms with van der Waals surface area (Å²) in [5.41, 5.74) is 4.05.